The van der Waals surface area contributed by atoms with Gasteiger partial charge in [0.15, 0.2) is 0 Å². The largest absolute Gasteiger partial charge is 0.449 e. The third kappa shape index (κ3) is 5.88. The molecular formula is C14H15F7N2S. The molecule has 24 heavy (non-hydrogen) atoms. The molecule has 0 N–H and O–H groups in total. The van der Waals surface area contributed by atoms with E-state index in [9.17, 15) is 30.7 Å². The molecule has 0 unspecified atom stereocenters. The van der Waals surface area contributed by atoms with E-state index in [0.29, 0.717) is 11.8 Å². The molecule has 0 radical (unpaired) electrons. The Bertz CT molecular complexity index is 608. The number of rotatable bonds is 4. The van der Waals surface area contributed by atoms with Crippen molar-refractivity contribution in [3.05, 3.63) is 23.5 Å². The van der Waals surface area contributed by atoms with Crippen molar-refractivity contribution < 1.29 is 30.7 Å². The number of benzene rings is 1. The zero-order chi connectivity index (χ0) is 18.7. The molecule has 0 saturated heterocycles. The second kappa shape index (κ2) is 7.62. The Labute approximate surface area is 138 Å². The fourth-order valence-corrected chi connectivity index (χ4v) is 2.47. The molecule has 1 aromatic rings. The normalized spacial score (nSPS) is 13.3. The third-order valence-electron chi connectivity index (χ3n) is 2.95. The van der Waals surface area contributed by atoms with Crippen LogP contribution in [0.25, 0.3) is 0 Å². The van der Waals surface area contributed by atoms with Gasteiger partial charge in [-0.2, -0.15) is 26.3 Å². The highest BCUT2D eigenvalue weighted by Crippen LogP contribution is 2.34. The summed E-state index contributed by atoms with van der Waals surface area (Å²) in [5.41, 5.74) is -0.462. The van der Waals surface area contributed by atoms with E-state index < -0.39 is 35.4 Å². The molecule has 0 aromatic heterocycles. The van der Waals surface area contributed by atoms with Gasteiger partial charge in [-0.1, -0.05) is 0 Å². The maximum absolute atomic E-state index is 13.9. The molecule has 0 aliphatic rings. The number of nitrogens with zero attached hydrogens (tertiary/aromatic N) is 2. The Balaban J connectivity index is 3.29. The van der Waals surface area contributed by atoms with E-state index in [-0.39, 0.29) is 17.0 Å². The second-order valence-corrected chi connectivity index (χ2v) is 5.94. The number of thioether (sulfide) groups is 1. The van der Waals surface area contributed by atoms with Crippen LogP contribution in [0, 0.1) is 12.7 Å². The monoisotopic (exact) mass is 376 g/mol. The zero-order valence-electron chi connectivity index (χ0n) is 13.0. The average molecular weight is 376 g/mol. The van der Waals surface area contributed by atoms with Crippen LogP contribution >= 0.6 is 11.8 Å². The molecule has 0 aliphatic carbocycles. The molecule has 0 fully saturated rings. The highest BCUT2D eigenvalue weighted by molar-refractivity contribution is 7.99. The van der Waals surface area contributed by atoms with Crippen molar-refractivity contribution in [3.8, 4) is 0 Å². The van der Waals surface area contributed by atoms with Crippen LogP contribution in [0.1, 0.15) is 12.5 Å². The van der Waals surface area contributed by atoms with Crippen molar-refractivity contribution >= 4 is 23.3 Å². The van der Waals surface area contributed by atoms with E-state index in [1.807, 2.05) is 0 Å². The van der Waals surface area contributed by atoms with Crippen molar-refractivity contribution in [2.45, 2.75) is 31.1 Å². The molecule has 0 saturated carbocycles. The predicted molar refractivity (Wildman–Crippen MR) is 79.4 cm³/mol. The van der Waals surface area contributed by atoms with Gasteiger partial charge in [0, 0.05) is 18.5 Å². The summed E-state index contributed by atoms with van der Waals surface area (Å²) in [5.74, 6) is -3.58. The van der Waals surface area contributed by atoms with Crippen LogP contribution in [0.5, 0.6) is 0 Å². The highest BCUT2D eigenvalue weighted by atomic mass is 32.2. The van der Waals surface area contributed by atoms with E-state index in [0.717, 1.165) is 24.1 Å². The van der Waals surface area contributed by atoms with Gasteiger partial charge in [-0.25, -0.2) is 9.38 Å². The number of halogens is 7. The smallest absolute Gasteiger partial charge is 0.356 e. The maximum atomic E-state index is 13.9. The summed E-state index contributed by atoms with van der Waals surface area (Å²) in [6.45, 7) is 2.80. The highest BCUT2D eigenvalue weighted by Gasteiger charge is 2.38. The molecule has 0 heterocycles. The number of alkyl halides is 6. The van der Waals surface area contributed by atoms with E-state index in [2.05, 4.69) is 4.99 Å². The lowest BCUT2D eigenvalue weighted by molar-refractivity contribution is -0.105. The van der Waals surface area contributed by atoms with Crippen LogP contribution in [-0.2, 0) is 0 Å². The van der Waals surface area contributed by atoms with Crippen LogP contribution in [0.15, 0.2) is 22.0 Å². The second-order valence-electron chi connectivity index (χ2n) is 4.92. The van der Waals surface area contributed by atoms with E-state index >= 15 is 0 Å². The minimum Gasteiger partial charge on any atom is -0.356 e. The maximum Gasteiger partial charge on any atom is 0.449 e. The van der Waals surface area contributed by atoms with Crippen LogP contribution < -0.4 is 0 Å². The van der Waals surface area contributed by atoms with Crippen LogP contribution in [0.2, 0.25) is 0 Å². The topological polar surface area (TPSA) is 15.6 Å². The Hall–Kier alpha value is -1.45. The Morgan fingerprint density at radius 1 is 1.17 bits per heavy atom. The molecule has 2 nitrogen and oxygen atoms in total. The fraction of sp³-hybridized carbons (Fsp3) is 0.500. The van der Waals surface area contributed by atoms with E-state index in [4.69, 9.17) is 0 Å². The molecule has 1 aromatic carbocycles. The lowest BCUT2D eigenvalue weighted by atomic mass is 10.2. The van der Waals surface area contributed by atoms with Crippen molar-refractivity contribution in [1.82, 2.24) is 4.90 Å². The summed E-state index contributed by atoms with van der Waals surface area (Å²) in [4.78, 5) is 4.10. The Kier molecular flexibility index (Phi) is 6.54. The van der Waals surface area contributed by atoms with Gasteiger partial charge < -0.3 is 4.90 Å². The summed E-state index contributed by atoms with van der Waals surface area (Å²) < 4.78 is 89.8. The quantitative estimate of drug-likeness (QED) is 0.305. The predicted octanol–water partition coefficient (Wildman–Crippen LogP) is 5.33. The Morgan fingerprint density at radius 2 is 1.75 bits per heavy atom. The molecular weight excluding hydrogens is 361 g/mol. The van der Waals surface area contributed by atoms with Crippen molar-refractivity contribution in [2.24, 2.45) is 4.99 Å². The van der Waals surface area contributed by atoms with Gasteiger partial charge in [-0.3, -0.25) is 0 Å². The van der Waals surface area contributed by atoms with Crippen molar-refractivity contribution in [2.75, 3.05) is 19.3 Å². The minimum atomic E-state index is -4.82. The number of hydrogen-bond acceptors (Lipinski definition) is 2. The number of aryl methyl sites for hydroxylation is 1. The lowest BCUT2D eigenvalue weighted by Gasteiger charge is -2.21. The molecule has 0 amide bonds. The standard InChI is InChI=1S/C14H15F7N2S/c1-4-23(3)12(14(19,20)21)22-10-6-11(8(2)5-9(10)15)24-7-13(16,17)18/h5-6H,4,7H2,1-3H3/b22-12+. The number of hydrogen-bond donors (Lipinski definition) is 0. The SMILES string of the molecule is CCN(C)/C(=N/c1cc(SCC(F)(F)F)c(C)cc1F)C(F)(F)F. The Morgan fingerprint density at radius 3 is 2.21 bits per heavy atom. The average Bonchev–Trinajstić information content (AvgIpc) is 2.42. The van der Waals surface area contributed by atoms with Crippen LogP contribution in [0.3, 0.4) is 0 Å². The van der Waals surface area contributed by atoms with Crippen molar-refractivity contribution in [1.29, 1.82) is 0 Å². The number of aliphatic imine (C=N–C) groups is 1. The first kappa shape index (κ1) is 20.6. The van der Waals surface area contributed by atoms with E-state index in [1.54, 1.807) is 0 Å². The van der Waals surface area contributed by atoms with Crippen LogP contribution in [0.4, 0.5) is 36.4 Å². The minimum absolute atomic E-state index is 0.0214. The molecule has 10 heteroatoms. The molecule has 0 atom stereocenters. The molecule has 1 rings (SSSR count). The molecule has 0 bridgehead atoms. The van der Waals surface area contributed by atoms with Gasteiger partial charge in [-0.05, 0) is 31.5 Å². The van der Waals surface area contributed by atoms with Crippen molar-refractivity contribution in [3.63, 3.8) is 0 Å². The summed E-state index contributed by atoms with van der Waals surface area (Å²) in [5, 5.41) is 0. The molecule has 0 aliphatic heterocycles. The first-order valence-electron chi connectivity index (χ1n) is 6.72. The lowest BCUT2D eigenvalue weighted by Crippen LogP contribution is -2.38. The zero-order valence-corrected chi connectivity index (χ0v) is 13.8. The summed E-state index contributed by atoms with van der Waals surface area (Å²) in [6, 6.07) is 1.77. The first-order chi connectivity index (χ1) is 10.8. The molecule has 0 spiro atoms. The molecule has 136 valence electrons. The summed E-state index contributed by atoms with van der Waals surface area (Å²) >= 11 is 0.370. The van der Waals surface area contributed by atoms with E-state index in [1.165, 1.54) is 13.8 Å². The summed E-state index contributed by atoms with van der Waals surface area (Å²) in [6.07, 6.45) is -9.27. The number of amidine groups is 1. The van der Waals surface area contributed by atoms with Gasteiger partial charge in [0.1, 0.15) is 11.5 Å². The summed E-state index contributed by atoms with van der Waals surface area (Å²) in [7, 11) is 1.14. The third-order valence-corrected chi connectivity index (χ3v) is 4.17. The van der Waals surface area contributed by atoms with Gasteiger partial charge in [0.05, 0.1) is 5.75 Å². The van der Waals surface area contributed by atoms with Gasteiger partial charge >= 0.3 is 12.4 Å². The fourth-order valence-electron chi connectivity index (χ4n) is 1.67. The van der Waals surface area contributed by atoms with Crippen LogP contribution in [-0.4, -0.2) is 42.4 Å². The first-order valence-corrected chi connectivity index (χ1v) is 7.70. The van der Waals surface area contributed by atoms with Gasteiger partial charge in [0.2, 0.25) is 5.84 Å². The van der Waals surface area contributed by atoms with Gasteiger partial charge in [0.25, 0.3) is 0 Å². The van der Waals surface area contributed by atoms with Gasteiger partial charge in [-0.15, -0.1) is 11.8 Å².